The Morgan fingerprint density at radius 2 is 2.10 bits per heavy atom. The summed E-state index contributed by atoms with van der Waals surface area (Å²) < 4.78 is 0. The summed E-state index contributed by atoms with van der Waals surface area (Å²) in [6, 6.07) is 2.63. The first-order chi connectivity index (χ1) is 9.54. The molecule has 0 spiro atoms. The molecule has 0 unspecified atom stereocenters. The molecule has 0 bridgehead atoms. The Morgan fingerprint density at radius 1 is 1.35 bits per heavy atom. The van der Waals surface area contributed by atoms with Gasteiger partial charge in [-0.1, -0.05) is 25.8 Å². The SMILES string of the molecule is CCCC[C@H](NC(=O)CCC(=O)c1cccs1)C(=O)O. The average molecular weight is 297 g/mol. The Kier molecular flexibility index (Phi) is 6.93. The minimum atomic E-state index is -1.03. The number of Topliss-reactive ketones (excluding diaryl/α,β-unsaturated/α-hetero) is 1. The van der Waals surface area contributed by atoms with Crippen LogP contribution in [0, 0.1) is 0 Å². The number of amides is 1. The van der Waals surface area contributed by atoms with Crippen molar-refractivity contribution in [2.24, 2.45) is 0 Å². The van der Waals surface area contributed by atoms with E-state index in [-0.39, 0.29) is 18.6 Å². The molecule has 0 aliphatic carbocycles. The summed E-state index contributed by atoms with van der Waals surface area (Å²) in [5.41, 5.74) is 0. The van der Waals surface area contributed by atoms with Crippen molar-refractivity contribution in [1.82, 2.24) is 5.32 Å². The van der Waals surface area contributed by atoms with E-state index >= 15 is 0 Å². The maximum Gasteiger partial charge on any atom is 0.326 e. The van der Waals surface area contributed by atoms with E-state index in [1.54, 1.807) is 17.5 Å². The number of hydrogen-bond donors (Lipinski definition) is 2. The van der Waals surface area contributed by atoms with Gasteiger partial charge in [-0.2, -0.15) is 0 Å². The van der Waals surface area contributed by atoms with E-state index in [0.29, 0.717) is 11.3 Å². The maximum atomic E-state index is 11.7. The Balaban J connectivity index is 2.38. The highest BCUT2D eigenvalue weighted by Crippen LogP contribution is 2.12. The molecule has 0 saturated heterocycles. The van der Waals surface area contributed by atoms with Gasteiger partial charge in [0.2, 0.25) is 5.91 Å². The molecule has 6 heteroatoms. The van der Waals surface area contributed by atoms with Crippen molar-refractivity contribution in [2.75, 3.05) is 0 Å². The van der Waals surface area contributed by atoms with Crippen LogP contribution < -0.4 is 5.32 Å². The molecule has 0 radical (unpaired) electrons. The van der Waals surface area contributed by atoms with E-state index < -0.39 is 17.9 Å². The number of carboxylic acid groups (broad SMARTS) is 1. The number of thiophene rings is 1. The van der Waals surface area contributed by atoms with Gasteiger partial charge in [-0.15, -0.1) is 11.3 Å². The molecule has 1 aromatic heterocycles. The first kappa shape index (κ1) is 16.4. The number of ketones is 1. The largest absolute Gasteiger partial charge is 0.480 e. The first-order valence-corrected chi connectivity index (χ1v) is 7.51. The fourth-order valence-corrected chi connectivity index (χ4v) is 2.41. The third kappa shape index (κ3) is 5.52. The molecule has 1 amide bonds. The summed E-state index contributed by atoms with van der Waals surface area (Å²) in [5.74, 6) is -1.51. The number of aliphatic carboxylic acids is 1. The van der Waals surface area contributed by atoms with Crippen molar-refractivity contribution in [1.29, 1.82) is 0 Å². The van der Waals surface area contributed by atoms with E-state index in [1.165, 1.54) is 11.3 Å². The minimum absolute atomic E-state index is 0.0205. The second kappa shape index (κ2) is 8.47. The quantitative estimate of drug-likeness (QED) is 0.686. The van der Waals surface area contributed by atoms with Crippen molar-refractivity contribution >= 4 is 29.0 Å². The molecule has 1 rings (SSSR count). The molecule has 0 saturated carbocycles. The first-order valence-electron chi connectivity index (χ1n) is 6.63. The van der Waals surface area contributed by atoms with Gasteiger partial charge in [0.25, 0.3) is 0 Å². The lowest BCUT2D eigenvalue weighted by Gasteiger charge is -2.13. The molecule has 1 heterocycles. The summed E-state index contributed by atoms with van der Waals surface area (Å²) in [4.78, 5) is 35.0. The zero-order valence-corrected chi connectivity index (χ0v) is 12.2. The second-order valence-corrected chi connectivity index (χ2v) is 5.45. The highest BCUT2D eigenvalue weighted by atomic mass is 32.1. The fourth-order valence-electron chi connectivity index (χ4n) is 1.72. The van der Waals surface area contributed by atoms with Crippen LogP contribution in [0.15, 0.2) is 17.5 Å². The van der Waals surface area contributed by atoms with Gasteiger partial charge in [0.15, 0.2) is 5.78 Å². The van der Waals surface area contributed by atoms with Crippen LogP contribution in [0.4, 0.5) is 0 Å². The number of unbranched alkanes of at least 4 members (excludes halogenated alkanes) is 1. The van der Waals surface area contributed by atoms with Crippen molar-refractivity contribution in [3.63, 3.8) is 0 Å². The Hall–Kier alpha value is -1.69. The van der Waals surface area contributed by atoms with Gasteiger partial charge in [-0.05, 0) is 17.9 Å². The summed E-state index contributed by atoms with van der Waals surface area (Å²) in [7, 11) is 0. The van der Waals surface area contributed by atoms with Crippen LogP contribution in [0.1, 0.15) is 48.7 Å². The molecule has 0 aliphatic rings. The zero-order valence-electron chi connectivity index (χ0n) is 11.4. The van der Waals surface area contributed by atoms with Crippen LogP contribution >= 0.6 is 11.3 Å². The molecule has 0 aromatic carbocycles. The molecule has 20 heavy (non-hydrogen) atoms. The van der Waals surface area contributed by atoms with Crippen LogP contribution in [0.2, 0.25) is 0 Å². The number of carbonyl (C=O) groups is 3. The molecule has 110 valence electrons. The summed E-state index contributed by atoms with van der Waals surface area (Å²) in [6.45, 7) is 1.96. The lowest BCUT2D eigenvalue weighted by atomic mass is 10.1. The number of hydrogen-bond acceptors (Lipinski definition) is 4. The van der Waals surface area contributed by atoms with Gasteiger partial charge in [0.1, 0.15) is 6.04 Å². The van der Waals surface area contributed by atoms with E-state index in [1.807, 2.05) is 6.92 Å². The van der Waals surface area contributed by atoms with Crippen LogP contribution in [0.3, 0.4) is 0 Å². The van der Waals surface area contributed by atoms with E-state index in [4.69, 9.17) is 5.11 Å². The molecular formula is C14H19NO4S. The number of rotatable bonds is 9. The lowest BCUT2D eigenvalue weighted by Crippen LogP contribution is -2.40. The number of carbonyl (C=O) groups excluding carboxylic acids is 2. The van der Waals surface area contributed by atoms with Gasteiger partial charge in [0.05, 0.1) is 4.88 Å². The monoisotopic (exact) mass is 297 g/mol. The summed E-state index contributed by atoms with van der Waals surface area (Å²) in [5, 5.41) is 13.3. The number of nitrogens with one attached hydrogen (secondary N) is 1. The summed E-state index contributed by atoms with van der Waals surface area (Å²) in [6.07, 6.45) is 2.15. The van der Waals surface area contributed by atoms with E-state index in [9.17, 15) is 14.4 Å². The minimum Gasteiger partial charge on any atom is -0.480 e. The Morgan fingerprint density at radius 3 is 2.65 bits per heavy atom. The maximum absolute atomic E-state index is 11.7. The smallest absolute Gasteiger partial charge is 0.326 e. The Labute approximate surface area is 122 Å². The lowest BCUT2D eigenvalue weighted by molar-refractivity contribution is -0.142. The predicted molar refractivity (Wildman–Crippen MR) is 77.0 cm³/mol. The molecule has 1 atom stereocenters. The summed E-state index contributed by atoms with van der Waals surface area (Å²) >= 11 is 1.34. The predicted octanol–water partition coefficient (Wildman–Crippen LogP) is 2.47. The third-order valence-corrected chi connectivity index (χ3v) is 3.77. The van der Waals surface area contributed by atoms with Crippen LogP contribution in [-0.4, -0.2) is 28.8 Å². The molecule has 2 N–H and O–H groups in total. The standard InChI is InChI=1S/C14H19NO4S/c1-2-3-5-10(14(18)19)15-13(17)8-7-11(16)12-6-4-9-20-12/h4,6,9-10H,2-3,5,7-8H2,1H3,(H,15,17)(H,18,19)/t10-/m0/s1. The van der Waals surface area contributed by atoms with Gasteiger partial charge < -0.3 is 10.4 Å². The Bertz CT molecular complexity index is 456. The molecule has 1 aromatic rings. The van der Waals surface area contributed by atoms with Crippen LogP contribution in [0.5, 0.6) is 0 Å². The van der Waals surface area contributed by atoms with Gasteiger partial charge in [-0.25, -0.2) is 4.79 Å². The molecule has 5 nitrogen and oxygen atoms in total. The fraction of sp³-hybridized carbons (Fsp3) is 0.500. The topological polar surface area (TPSA) is 83.5 Å². The van der Waals surface area contributed by atoms with Gasteiger partial charge >= 0.3 is 5.97 Å². The zero-order chi connectivity index (χ0) is 15.0. The van der Waals surface area contributed by atoms with Crippen molar-refractivity contribution in [2.45, 2.75) is 45.1 Å². The van der Waals surface area contributed by atoms with Crippen molar-refractivity contribution in [3.8, 4) is 0 Å². The van der Waals surface area contributed by atoms with E-state index in [0.717, 1.165) is 12.8 Å². The second-order valence-electron chi connectivity index (χ2n) is 4.50. The van der Waals surface area contributed by atoms with Crippen molar-refractivity contribution < 1.29 is 19.5 Å². The molecule has 0 fully saturated rings. The number of carboxylic acids is 1. The highest BCUT2D eigenvalue weighted by Gasteiger charge is 2.19. The van der Waals surface area contributed by atoms with Crippen molar-refractivity contribution in [3.05, 3.63) is 22.4 Å². The van der Waals surface area contributed by atoms with Gasteiger partial charge in [-0.3, -0.25) is 9.59 Å². The molecule has 0 aliphatic heterocycles. The third-order valence-electron chi connectivity index (χ3n) is 2.85. The van der Waals surface area contributed by atoms with Gasteiger partial charge in [0, 0.05) is 12.8 Å². The van der Waals surface area contributed by atoms with Crippen LogP contribution in [-0.2, 0) is 9.59 Å². The molecular weight excluding hydrogens is 278 g/mol. The highest BCUT2D eigenvalue weighted by molar-refractivity contribution is 7.12. The average Bonchev–Trinajstić information content (AvgIpc) is 2.94. The van der Waals surface area contributed by atoms with E-state index in [2.05, 4.69) is 5.32 Å². The normalized spacial score (nSPS) is 11.8. The van der Waals surface area contributed by atoms with Crippen LogP contribution in [0.25, 0.3) is 0 Å².